The number of thiophene rings is 1. The first-order valence-electron chi connectivity index (χ1n) is 5.50. The van der Waals surface area contributed by atoms with Gasteiger partial charge in [-0.3, -0.25) is 9.78 Å². The van der Waals surface area contributed by atoms with E-state index in [4.69, 9.17) is 0 Å². The molecule has 18 heavy (non-hydrogen) atoms. The Labute approximate surface area is 110 Å². The number of hydrogen-bond acceptors (Lipinski definition) is 4. The van der Waals surface area contributed by atoms with E-state index in [-0.39, 0.29) is 11.7 Å². The quantitative estimate of drug-likeness (QED) is 0.924. The van der Waals surface area contributed by atoms with Crippen LogP contribution in [-0.4, -0.2) is 27.9 Å². The van der Waals surface area contributed by atoms with Gasteiger partial charge in [-0.1, -0.05) is 0 Å². The predicted molar refractivity (Wildman–Crippen MR) is 70.8 cm³/mol. The molecule has 0 saturated heterocycles. The van der Waals surface area contributed by atoms with Crippen molar-refractivity contribution in [2.45, 2.75) is 13.5 Å². The van der Waals surface area contributed by atoms with Crippen LogP contribution in [0.25, 0.3) is 0 Å². The molecule has 2 aromatic heterocycles. The molecule has 2 aromatic rings. The molecule has 0 saturated carbocycles. The van der Waals surface area contributed by atoms with Gasteiger partial charge in [0.15, 0.2) is 0 Å². The van der Waals surface area contributed by atoms with E-state index < -0.39 is 0 Å². The second-order valence-electron chi connectivity index (χ2n) is 4.12. The third kappa shape index (κ3) is 2.68. The van der Waals surface area contributed by atoms with Crippen molar-refractivity contribution in [3.63, 3.8) is 0 Å². The fourth-order valence-electron chi connectivity index (χ4n) is 1.62. The van der Waals surface area contributed by atoms with E-state index in [1.54, 1.807) is 23.3 Å². The lowest BCUT2D eigenvalue weighted by molar-refractivity contribution is 0.0785. The third-order valence-corrected chi connectivity index (χ3v) is 3.67. The first kappa shape index (κ1) is 12.6. The van der Waals surface area contributed by atoms with Crippen molar-refractivity contribution in [1.82, 2.24) is 9.88 Å². The topological polar surface area (TPSA) is 53.4 Å². The summed E-state index contributed by atoms with van der Waals surface area (Å²) in [5.41, 5.74) is 1.58. The van der Waals surface area contributed by atoms with E-state index >= 15 is 0 Å². The van der Waals surface area contributed by atoms with Crippen LogP contribution in [0.1, 0.15) is 20.8 Å². The zero-order chi connectivity index (χ0) is 13.1. The van der Waals surface area contributed by atoms with Crippen LogP contribution in [0.2, 0.25) is 0 Å². The smallest absolute Gasteiger partial charge is 0.255 e. The first-order chi connectivity index (χ1) is 8.58. The molecule has 1 N–H and O–H groups in total. The minimum atomic E-state index is -0.147. The van der Waals surface area contributed by atoms with Crippen LogP contribution in [0.5, 0.6) is 5.75 Å². The average molecular weight is 262 g/mol. The summed E-state index contributed by atoms with van der Waals surface area (Å²) in [5, 5.41) is 11.3. The Morgan fingerprint density at radius 3 is 2.89 bits per heavy atom. The van der Waals surface area contributed by atoms with E-state index in [0.717, 1.165) is 0 Å². The zero-order valence-electron chi connectivity index (χ0n) is 10.3. The Balaban J connectivity index is 2.12. The van der Waals surface area contributed by atoms with Gasteiger partial charge in [-0.2, -0.15) is 0 Å². The zero-order valence-corrected chi connectivity index (χ0v) is 11.1. The number of nitrogens with zero attached hydrogens (tertiary/aromatic N) is 2. The summed E-state index contributed by atoms with van der Waals surface area (Å²) in [6.45, 7) is 2.60. The van der Waals surface area contributed by atoms with Crippen molar-refractivity contribution < 1.29 is 9.90 Å². The minimum absolute atomic E-state index is 0.00144. The molecule has 0 aliphatic carbocycles. The number of amides is 1. The summed E-state index contributed by atoms with van der Waals surface area (Å²) >= 11 is 1.63. The summed E-state index contributed by atoms with van der Waals surface area (Å²) in [7, 11) is 1.74. The normalized spacial score (nSPS) is 10.3. The molecule has 2 heterocycles. The molecular formula is C13H14N2O2S. The SMILES string of the molecule is Cc1ccsc1CN(C)C(=O)c1cncc(O)c1. The monoisotopic (exact) mass is 262 g/mol. The van der Waals surface area contributed by atoms with E-state index in [2.05, 4.69) is 4.98 Å². The van der Waals surface area contributed by atoms with E-state index in [1.165, 1.54) is 28.9 Å². The minimum Gasteiger partial charge on any atom is -0.506 e. The summed E-state index contributed by atoms with van der Waals surface area (Å²) in [6, 6.07) is 3.46. The Morgan fingerprint density at radius 2 is 2.28 bits per heavy atom. The number of carbonyl (C=O) groups is 1. The molecule has 0 bridgehead atoms. The second kappa shape index (κ2) is 5.18. The van der Waals surface area contributed by atoms with Crippen LogP contribution in [0, 0.1) is 6.92 Å². The average Bonchev–Trinajstić information content (AvgIpc) is 2.74. The predicted octanol–water partition coefficient (Wildman–Crippen LogP) is 2.43. The van der Waals surface area contributed by atoms with Crippen LogP contribution >= 0.6 is 11.3 Å². The Morgan fingerprint density at radius 1 is 1.50 bits per heavy atom. The number of pyridine rings is 1. The lowest BCUT2D eigenvalue weighted by atomic mass is 10.2. The highest BCUT2D eigenvalue weighted by Gasteiger charge is 2.14. The van der Waals surface area contributed by atoms with Crippen LogP contribution in [0.4, 0.5) is 0 Å². The van der Waals surface area contributed by atoms with Gasteiger partial charge in [0.1, 0.15) is 5.75 Å². The lowest BCUT2D eigenvalue weighted by Crippen LogP contribution is -2.26. The molecule has 0 radical (unpaired) electrons. The molecule has 0 aliphatic heterocycles. The molecule has 0 atom stereocenters. The summed E-state index contributed by atoms with van der Waals surface area (Å²) in [5.74, 6) is -0.146. The van der Waals surface area contributed by atoms with Crippen molar-refractivity contribution >= 4 is 17.2 Å². The van der Waals surface area contributed by atoms with Gasteiger partial charge in [0.2, 0.25) is 0 Å². The Hall–Kier alpha value is -1.88. The number of rotatable bonds is 3. The molecular weight excluding hydrogens is 248 g/mol. The molecule has 0 aliphatic rings. The molecule has 1 amide bonds. The number of carbonyl (C=O) groups excluding carboxylic acids is 1. The maximum Gasteiger partial charge on any atom is 0.255 e. The van der Waals surface area contributed by atoms with Crippen LogP contribution < -0.4 is 0 Å². The Bertz CT molecular complexity index is 566. The second-order valence-corrected chi connectivity index (χ2v) is 5.12. The van der Waals surface area contributed by atoms with Gasteiger partial charge >= 0.3 is 0 Å². The fourth-order valence-corrected chi connectivity index (χ4v) is 2.58. The molecule has 2 rings (SSSR count). The lowest BCUT2D eigenvalue weighted by Gasteiger charge is -2.16. The maximum atomic E-state index is 12.1. The van der Waals surface area contributed by atoms with Gasteiger partial charge < -0.3 is 10.0 Å². The highest BCUT2D eigenvalue weighted by Crippen LogP contribution is 2.18. The number of hydrogen-bond donors (Lipinski definition) is 1. The third-order valence-electron chi connectivity index (χ3n) is 2.67. The highest BCUT2D eigenvalue weighted by molar-refractivity contribution is 7.10. The number of aromatic hydroxyl groups is 1. The van der Waals surface area contributed by atoms with Crippen molar-refractivity contribution in [3.05, 3.63) is 45.9 Å². The van der Waals surface area contributed by atoms with E-state index in [9.17, 15) is 9.90 Å². The Kier molecular flexibility index (Phi) is 3.62. The van der Waals surface area contributed by atoms with Gasteiger partial charge in [-0.25, -0.2) is 0 Å². The highest BCUT2D eigenvalue weighted by atomic mass is 32.1. The largest absolute Gasteiger partial charge is 0.506 e. The molecule has 94 valence electrons. The number of aromatic nitrogens is 1. The molecule has 0 fully saturated rings. The van der Waals surface area contributed by atoms with Gasteiger partial charge in [0, 0.05) is 18.1 Å². The fraction of sp³-hybridized carbons (Fsp3) is 0.231. The van der Waals surface area contributed by atoms with Gasteiger partial charge in [0.05, 0.1) is 18.3 Å². The standard InChI is InChI=1S/C13H14N2O2S/c1-9-3-4-18-12(9)8-15(2)13(17)10-5-11(16)7-14-6-10/h3-7,16H,8H2,1-2H3. The summed E-state index contributed by atoms with van der Waals surface area (Å²) in [4.78, 5) is 18.7. The van der Waals surface area contributed by atoms with Crippen LogP contribution in [0.3, 0.4) is 0 Å². The van der Waals surface area contributed by atoms with Crippen molar-refractivity contribution in [1.29, 1.82) is 0 Å². The molecule has 0 spiro atoms. The van der Waals surface area contributed by atoms with Crippen molar-refractivity contribution in [2.24, 2.45) is 0 Å². The molecule has 0 aromatic carbocycles. The first-order valence-corrected chi connectivity index (χ1v) is 6.38. The van der Waals surface area contributed by atoms with Gasteiger partial charge in [-0.05, 0) is 30.0 Å². The van der Waals surface area contributed by atoms with Gasteiger partial charge in [-0.15, -0.1) is 11.3 Å². The maximum absolute atomic E-state index is 12.1. The molecule has 4 nitrogen and oxygen atoms in total. The van der Waals surface area contributed by atoms with E-state index in [0.29, 0.717) is 12.1 Å². The molecule has 5 heteroatoms. The summed E-state index contributed by atoms with van der Waals surface area (Å²) < 4.78 is 0. The molecule has 0 unspecified atom stereocenters. The van der Waals surface area contributed by atoms with Crippen molar-refractivity contribution in [2.75, 3.05) is 7.05 Å². The van der Waals surface area contributed by atoms with Crippen LogP contribution in [-0.2, 0) is 6.54 Å². The summed E-state index contributed by atoms with van der Waals surface area (Å²) in [6.07, 6.45) is 2.76. The number of aryl methyl sites for hydroxylation is 1. The van der Waals surface area contributed by atoms with Gasteiger partial charge in [0.25, 0.3) is 5.91 Å². The van der Waals surface area contributed by atoms with E-state index in [1.807, 2.05) is 18.4 Å². The van der Waals surface area contributed by atoms with Crippen LogP contribution in [0.15, 0.2) is 29.9 Å². The van der Waals surface area contributed by atoms with Crippen molar-refractivity contribution in [3.8, 4) is 5.75 Å².